The van der Waals surface area contributed by atoms with E-state index in [4.69, 9.17) is 16.6 Å². The normalized spacial score (nSPS) is 10.4. The number of carboxylic acids is 1. The van der Waals surface area contributed by atoms with Crippen molar-refractivity contribution < 1.29 is 19.4 Å². The second-order valence-corrected chi connectivity index (χ2v) is 3.67. The number of benzene rings is 1. The molecule has 0 aliphatic carbocycles. The van der Waals surface area contributed by atoms with Crippen molar-refractivity contribution in [3.05, 3.63) is 29.6 Å². The van der Waals surface area contributed by atoms with Gasteiger partial charge < -0.3 is 21.7 Å². The third kappa shape index (κ3) is 2.23. The number of hydrogen-bond donors (Lipinski definition) is 4. The van der Waals surface area contributed by atoms with Crippen LogP contribution in [0.1, 0.15) is 10.4 Å². The predicted octanol–water partition coefficient (Wildman–Crippen LogP) is 0.851. The number of nitrogen functional groups attached to an aromatic ring is 2. The number of anilines is 2. The molecule has 0 unspecified atom stereocenters. The van der Waals surface area contributed by atoms with Crippen LogP contribution in [0.4, 0.5) is 16.2 Å². The summed E-state index contributed by atoms with van der Waals surface area (Å²) in [6.45, 7) is 0. The third-order valence-corrected chi connectivity index (χ3v) is 2.39. The van der Waals surface area contributed by atoms with Crippen molar-refractivity contribution in [3.63, 3.8) is 0 Å². The summed E-state index contributed by atoms with van der Waals surface area (Å²) in [7, 11) is 0. The van der Waals surface area contributed by atoms with Crippen LogP contribution in [-0.2, 0) is 0 Å². The molecule has 0 aliphatic heterocycles. The number of phenols is 1. The maximum Gasteiger partial charge on any atom is 0.339 e. The number of nitrogens with zero attached hydrogens (tertiary/aromatic N) is 2. The Morgan fingerprint density at radius 3 is 2.58 bits per heavy atom. The number of halogens is 1. The molecule has 1 aromatic heterocycles. The van der Waals surface area contributed by atoms with Gasteiger partial charge in [-0.25, -0.2) is 14.2 Å². The Labute approximate surface area is 106 Å². The van der Waals surface area contributed by atoms with Gasteiger partial charge in [0.2, 0.25) is 5.95 Å². The molecule has 0 saturated heterocycles. The zero-order valence-corrected chi connectivity index (χ0v) is 9.46. The standard InChI is InChI=1S/C11H9FN4O3/c12-7-8(15-11(14)16-9(7)13)4-1-2-6(17)5(3-4)10(18)19/h1-3,17H,(H,18,19)(H4,13,14,15,16). The minimum atomic E-state index is -1.35. The van der Waals surface area contributed by atoms with Gasteiger partial charge in [0.05, 0.1) is 0 Å². The summed E-state index contributed by atoms with van der Waals surface area (Å²) >= 11 is 0. The Morgan fingerprint density at radius 2 is 1.95 bits per heavy atom. The number of hydrogen-bond acceptors (Lipinski definition) is 6. The van der Waals surface area contributed by atoms with E-state index in [1.165, 1.54) is 6.07 Å². The Bertz CT molecular complexity index is 675. The fraction of sp³-hybridized carbons (Fsp3) is 0. The monoisotopic (exact) mass is 264 g/mol. The molecule has 98 valence electrons. The van der Waals surface area contributed by atoms with Crippen LogP contribution in [0.2, 0.25) is 0 Å². The third-order valence-electron chi connectivity index (χ3n) is 2.39. The molecule has 8 heteroatoms. The topological polar surface area (TPSA) is 135 Å². The van der Waals surface area contributed by atoms with Gasteiger partial charge in [-0.1, -0.05) is 0 Å². The van der Waals surface area contributed by atoms with Gasteiger partial charge in [-0.05, 0) is 18.2 Å². The quantitative estimate of drug-likeness (QED) is 0.631. The lowest BCUT2D eigenvalue weighted by Gasteiger charge is -2.07. The van der Waals surface area contributed by atoms with E-state index < -0.39 is 23.4 Å². The molecule has 1 aromatic carbocycles. The lowest BCUT2D eigenvalue weighted by atomic mass is 10.1. The van der Waals surface area contributed by atoms with Gasteiger partial charge in [-0.3, -0.25) is 0 Å². The van der Waals surface area contributed by atoms with Crippen LogP contribution in [0.3, 0.4) is 0 Å². The van der Waals surface area contributed by atoms with Crippen molar-refractivity contribution in [2.24, 2.45) is 0 Å². The maximum atomic E-state index is 13.8. The van der Waals surface area contributed by atoms with Gasteiger partial charge in [0.15, 0.2) is 11.6 Å². The zero-order chi connectivity index (χ0) is 14.2. The molecule has 7 nitrogen and oxygen atoms in total. The molecule has 2 rings (SSSR count). The molecule has 19 heavy (non-hydrogen) atoms. The Kier molecular flexibility index (Phi) is 2.91. The summed E-state index contributed by atoms with van der Waals surface area (Å²) in [5.41, 5.74) is 10.2. The average molecular weight is 264 g/mol. The van der Waals surface area contributed by atoms with E-state index in [1.54, 1.807) is 0 Å². The second kappa shape index (κ2) is 4.41. The summed E-state index contributed by atoms with van der Waals surface area (Å²) < 4.78 is 13.8. The summed E-state index contributed by atoms with van der Waals surface area (Å²) in [5, 5.41) is 18.3. The molecule has 0 aliphatic rings. The SMILES string of the molecule is Nc1nc(N)c(F)c(-c2ccc(O)c(C(=O)O)c2)n1. The van der Waals surface area contributed by atoms with Crippen LogP contribution in [-0.4, -0.2) is 26.2 Å². The highest BCUT2D eigenvalue weighted by molar-refractivity contribution is 5.92. The predicted molar refractivity (Wildman–Crippen MR) is 64.9 cm³/mol. The Morgan fingerprint density at radius 1 is 1.26 bits per heavy atom. The van der Waals surface area contributed by atoms with Crippen molar-refractivity contribution >= 4 is 17.7 Å². The average Bonchev–Trinajstić information content (AvgIpc) is 2.34. The summed E-state index contributed by atoms with van der Waals surface area (Å²) in [5.74, 6) is -3.37. The van der Waals surface area contributed by atoms with E-state index in [2.05, 4.69) is 9.97 Å². The Hall–Kier alpha value is -2.90. The largest absolute Gasteiger partial charge is 0.507 e. The number of nitrogens with two attached hydrogens (primary N) is 2. The molecule has 0 bridgehead atoms. The van der Waals surface area contributed by atoms with Gasteiger partial charge in [0.25, 0.3) is 0 Å². The van der Waals surface area contributed by atoms with Crippen LogP contribution in [0, 0.1) is 5.82 Å². The van der Waals surface area contributed by atoms with E-state index in [1.807, 2.05) is 0 Å². The molecule has 6 N–H and O–H groups in total. The first kappa shape index (κ1) is 12.6. The number of carboxylic acid groups (broad SMARTS) is 1. The lowest BCUT2D eigenvalue weighted by molar-refractivity contribution is 0.0694. The van der Waals surface area contributed by atoms with Gasteiger partial charge in [-0.15, -0.1) is 0 Å². The van der Waals surface area contributed by atoms with Gasteiger partial charge in [-0.2, -0.15) is 4.98 Å². The van der Waals surface area contributed by atoms with Crippen LogP contribution >= 0.6 is 0 Å². The fourth-order valence-electron chi connectivity index (χ4n) is 1.53. The smallest absolute Gasteiger partial charge is 0.339 e. The van der Waals surface area contributed by atoms with E-state index in [9.17, 15) is 14.3 Å². The molecule has 0 amide bonds. The van der Waals surface area contributed by atoms with Gasteiger partial charge in [0, 0.05) is 5.56 Å². The first-order valence-corrected chi connectivity index (χ1v) is 5.05. The van der Waals surface area contributed by atoms with E-state index in [0.717, 1.165) is 12.1 Å². The molecule has 0 atom stereocenters. The minimum absolute atomic E-state index is 0.119. The van der Waals surface area contributed by atoms with Crippen LogP contribution in [0.15, 0.2) is 18.2 Å². The molecular weight excluding hydrogens is 255 g/mol. The first-order chi connectivity index (χ1) is 8.90. The second-order valence-electron chi connectivity index (χ2n) is 3.67. The first-order valence-electron chi connectivity index (χ1n) is 5.05. The summed E-state index contributed by atoms with van der Waals surface area (Å²) in [6, 6.07) is 3.49. The van der Waals surface area contributed by atoms with Crippen LogP contribution in [0.25, 0.3) is 11.3 Å². The molecule has 0 fully saturated rings. The lowest BCUT2D eigenvalue weighted by Crippen LogP contribution is -2.05. The number of rotatable bonds is 2. The highest BCUT2D eigenvalue weighted by Crippen LogP contribution is 2.28. The maximum absolute atomic E-state index is 13.8. The van der Waals surface area contributed by atoms with Gasteiger partial charge >= 0.3 is 5.97 Å². The van der Waals surface area contributed by atoms with Crippen molar-refractivity contribution in [2.75, 3.05) is 11.5 Å². The summed E-state index contributed by atoms with van der Waals surface area (Å²) in [6.07, 6.45) is 0. The Balaban J connectivity index is 2.66. The molecule has 0 saturated carbocycles. The zero-order valence-electron chi connectivity index (χ0n) is 9.46. The van der Waals surface area contributed by atoms with E-state index in [-0.39, 0.29) is 22.8 Å². The van der Waals surface area contributed by atoms with Crippen molar-refractivity contribution in [2.45, 2.75) is 0 Å². The number of aromatic nitrogens is 2. The van der Waals surface area contributed by atoms with Crippen molar-refractivity contribution in [3.8, 4) is 17.0 Å². The molecule has 0 spiro atoms. The number of carbonyl (C=O) groups is 1. The van der Waals surface area contributed by atoms with Gasteiger partial charge in [0.1, 0.15) is 17.0 Å². The molecule has 1 heterocycles. The molecule has 0 radical (unpaired) electrons. The van der Waals surface area contributed by atoms with E-state index in [0.29, 0.717) is 0 Å². The van der Waals surface area contributed by atoms with Crippen LogP contribution < -0.4 is 11.5 Å². The summed E-state index contributed by atoms with van der Waals surface area (Å²) in [4.78, 5) is 18.0. The highest BCUT2D eigenvalue weighted by Gasteiger charge is 2.16. The molecule has 2 aromatic rings. The minimum Gasteiger partial charge on any atom is -0.507 e. The van der Waals surface area contributed by atoms with Crippen molar-refractivity contribution in [1.29, 1.82) is 0 Å². The van der Waals surface area contributed by atoms with Crippen LogP contribution in [0.5, 0.6) is 5.75 Å². The van der Waals surface area contributed by atoms with Crippen molar-refractivity contribution in [1.82, 2.24) is 9.97 Å². The molecular formula is C11H9FN4O3. The van der Waals surface area contributed by atoms with E-state index >= 15 is 0 Å². The highest BCUT2D eigenvalue weighted by atomic mass is 19.1. The fourth-order valence-corrected chi connectivity index (χ4v) is 1.53. The number of aromatic hydroxyl groups is 1. The number of aromatic carboxylic acids is 1.